The minimum atomic E-state index is -1.26. The number of carbonyl (C=O) groups is 1. The van der Waals surface area contributed by atoms with Crippen molar-refractivity contribution in [3.63, 3.8) is 0 Å². The average molecular weight is 388 g/mol. The van der Waals surface area contributed by atoms with Gasteiger partial charge < -0.3 is 9.73 Å². The largest absolute Gasteiger partial charge is 0.455 e. The second kappa shape index (κ2) is 8.34. The molecule has 0 unspecified atom stereocenters. The summed E-state index contributed by atoms with van der Waals surface area (Å²) in [5.74, 6) is 0.616. The zero-order valence-corrected chi connectivity index (χ0v) is 15.8. The van der Waals surface area contributed by atoms with E-state index >= 15 is 0 Å². The van der Waals surface area contributed by atoms with Crippen LogP contribution in [-0.2, 0) is 23.1 Å². The summed E-state index contributed by atoms with van der Waals surface area (Å²) in [6.07, 6.45) is 0. The lowest BCUT2D eigenvalue weighted by atomic mass is 10.1. The molecule has 26 heavy (non-hydrogen) atoms. The highest BCUT2D eigenvalue weighted by atomic mass is 35.5. The van der Waals surface area contributed by atoms with Gasteiger partial charge in [0.2, 0.25) is 0 Å². The van der Waals surface area contributed by atoms with Crippen LogP contribution in [0, 0.1) is 6.92 Å². The summed E-state index contributed by atoms with van der Waals surface area (Å²) >= 11 is 5.84. The van der Waals surface area contributed by atoms with Crippen LogP contribution in [-0.4, -0.2) is 10.1 Å². The summed E-state index contributed by atoms with van der Waals surface area (Å²) < 4.78 is 17.9. The van der Waals surface area contributed by atoms with Crippen LogP contribution >= 0.6 is 11.6 Å². The molecule has 0 saturated heterocycles. The maximum atomic E-state index is 12.4. The average Bonchev–Trinajstić information content (AvgIpc) is 3.10. The van der Waals surface area contributed by atoms with Crippen molar-refractivity contribution in [1.82, 2.24) is 5.32 Å². The zero-order valence-electron chi connectivity index (χ0n) is 14.2. The molecule has 0 fully saturated rings. The molecule has 0 aliphatic heterocycles. The van der Waals surface area contributed by atoms with Crippen molar-refractivity contribution in [2.24, 2.45) is 0 Å². The first-order valence-corrected chi connectivity index (χ1v) is 9.78. The van der Waals surface area contributed by atoms with E-state index in [0.717, 1.165) is 11.1 Å². The van der Waals surface area contributed by atoms with E-state index in [1.807, 2.05) is 31.2 Å². The Bertz CT molecular complexity index is 934. The van der Waals surface area contributed by atoms with Gasteiger partial charge in [-0.05, 0) is 54.4 Å². The molecule has 0 bridgehead atoms. The lowest BCUT2D eigenvalue weighted by Gasteiger charge is -2.06. The smallest absolute Gasteiger partial charge is 0.287 e. The molecule has 134 valence electrons. The summed E-state index contributed by atoms with van der Waals surface area (Å²) in [6.45, 7) is 2.43. The Labute approximate surface area is 159 Å². The van der Waals surface area contributed by atoms with Crippen LogP contribution < -0.4 is 5.32 Å². The van der Waals surface area contributed by atoms with E-state index in [9.17, 15) is 9.00 Å². The predicted molar refractivity (Wildman–Crippen MR) is 103 cm³/mol. The second-order valence-corrected chi connectivity index (χ2v) is 7.71. The molecule has 1 amide bonds. The maximum Gasteiger partial charge on any atom is 0.287 e. The van der Waals surface area contributed by atoms with Crippen LogP contribution in [0.4, 0.5) is 0 Å². The number of nitrogens with one attached hydrogen (secondary N) is 1. The van der Waals surface area contributed by atoms with E-state index in [1.165, 1.54) is 0 Å². The monoisotopic (exact) mass is 387 g/mol. The molecule has 1 N–H and O–H groups in total. The van der Waals surface area contributed by atoms with E-state index in [2.05, 4.69) is 5.32 Å². The molecule has 1 aromatic heterocycles. The van der Waals surface area contributed by atoms with E-state index in [4.69, 9.17) is 16.0 Å². The standard InChI is InChI=1S/C20H18ClNO3S/c1-14-4-2-3-5-15(14)12-22-20(23)19-11-8-17(25-19)13-26(24)18-9-6-16(21)7-10-18/h2-11H,12-13H2,1H3,(H,22,23)/t26-/m0/s1. The Morgan fingerprint density at radius 1 is 1.08 bits per heavy atom. The van der Waals surface area contributed by atoms with E-state index in [0.29, 0.717) is 22.2 Å². The first kappa shape index (κ1) is 18.4. The Morgan fingerprint density at radius 3 is 2.54 bits per heavy atom. The highest BCUT2D eigenvalue weighted by Gasteiger charge is 2.14. The quantitative estimate of drug-likeness (QED) is 0.678. The number of benzene rings is 2. The first-order chi connectivity index (χ1) is 12.5. The molecule has 0 radical (unpaired) electrons. The van der Waals surface area contributed by atoms with Crippen LogP contribution in [0.3, 0.4) is 0 Å². The minimum absolute atomic E-state index is 0.201. The number of halogens is 1. The van der Waals surface area contributed by atoms with Gasteiger partial charge in [0.15, 0.2) is 5.76 Å². The molecule has 0 aliphatic rings. The van der Waals surface area contributed by atoms with E-state index in [1.54, 1.807) is 36.4 Å². The summed E-state index contributed by atoms with van der Waals surface area (Å²) in [4.78, 5) is 12.9. The molecule has 1 atom stereocenters. The van der Waals surface area contributed by atoms with Crippen molar-refractivity contribution in [3.8, 4) is 0 Å². The zero-order chi connectivity index (χ0) is 18.5. The number of carbonyl (C=O) groups excluding carboxylic acids is 1. The predicted octanol–water partition coefficient (Wildman–Crippen LogP) is 4.48. The highest BCUT2D eigenvalue weighted by Crippen LogP contribution is 2.17. The summed E-state index contributed by atoms with van der Waals surface area (Å²) in [5, 5.41) is 3.43. The minimum Gasteiger partial charge on any atom is -0.455 e. The number of aryl methyl sites for hydroxylation is 1. The van der Waals surface area contributed by atoms with Gasteiger partial charge in [-0.3, -0.25) is 9.00 Å². The molecule has 1 heterocycles. The van der Waals surface area contributed by atoms with Gasteiger partial charge >= 0.3 is 0 Å². The molecule has 3 rings (SSSR count). The normalized spacial score (nSPS) is 11.9. The highest BCUT2D eigenvalue weighted by molar-refractivity contribution is 7.84. The molecular formula is C20H18ClNO3S. The van der Waals surface area contributed by atoms with Crippen LogP contribution in [0.25, 0.3) is 0 Å². The number of rotatable bonds is 6. The molecule has 2 aromatic carbocycles. The lowest BCUT2D eigenvalue weighted by Crippen LogP contribution is -2.22. The molecule has 6 heteroatoms. The van der Waals surface area contributed by atoms with Crippen molar-refractivity contribution in [2.75, 3.05) is 0 Å². The Morgan fingerprint density at radius 2 is 1.81 bits per heavy atom. The molecule has 4 nitrogen and oxygen atoms in total. The third-order valence-electron chi connectivity index (χ3n) is 3.94. The maximum absolute atomic E-state index is 12.4. The summed E-state index contributed by atoms with van der Waals surface area (Å²) in [7, 11) is -1.26. The fourth-order valence-corrected chi connectivity index (χ4v) is 3.59. The van der Waals surface area contributed by atoms with Gasteiger partial charge in [0.1, 0.15) is 5.76 Å². The number of hydrogen-bond donors (Lipinski definition) is 1. The van der Waals surface area contributed by atoms with Crippen LogP contribution in [0.15, 0.2) is 70.0 Å². The fraction of sp³-hybridized carbons (Fsp3) is 0.150. The second-order valence-electron chi connectivity index (χ2n) is 5.82. The molecule has 3 aromatic rings. The fourth-order valence-electron chi connectivity index (χ4n) is 2.45. The topological polar surface area (TPSA) is 59.3 Å². The molecule has 0 saturated carbocycles. The van der Waals surface area contributed by atoms with Crippen LogP contribution in [0.2, 0.25) is 5.02 Å². The first-order valence-electron chi connectivity index (χ1n) is 8.08. The van der Waals surface area contributed by atoms with Gasteiger partial charge in [0.25, 0.3) is 5.91 Å². The van der Waals surface area contributed by atoms with Crippen molar-refractivity contribution >= 4 is 28.3 Å². The lowest BCUT2D eigenvalue weighted by molar-refractivity contribution is 0.0921. The van der Waals surface area contributed by atoms with Crippen LogP contribution in [0.1, 0.15) is 27.4 Å². The van der Waals surface area contributed by atoms with Crippen molar-refractivity contribution in [2.45, 2.75) is 24.1 Å². The summed E-state index contributed by atoms with van der Waals surface area (Å²) in [6, 6.07) is 18.0. The third kappa shape index (κ3) is 4.62. The van der Waals surface area contributed by atoms with Gasteiger partial charge in [-0.25, -0.2) is 0 Å². The van der Waals surface area contributed by atoms with Crippen molar-refractivity contribution < 1.29 is 13.4 Å². The number of furan rings is 1. The number of hydrogen-bond acceptors (Lipinski definition) is 3. The molecular weight excluding hydrogens is 370 g/mol. The molecule has 0 spiro atoms. The van der Waals surface area contributed by atoms with Crippen LogP contribution in [0.5, 0.6) is 0 Å². The Kier molecular flexibility index (Phi) is 5.91. The van der Waals surface area contributed by atoms with E-state index in [-0.39, 0.29) is 17.4 Å². The van der Waals surface area contributed by atoms with Gasteiger partial charge in [-0.2, -0.15) is 0 Å². The Balaban J connectivity index is 1.60. The van der Waals surface area contributed by atoms with Gasteiger partial charge in [0.05, 0.1) is 16.6 Å². The number of amides is 1. The molecule has 0 aliphatic carbocycles. The third-order valence-corrected chi connectivity index (χ3v) is 5.53. The van der Waals surface area contributed by atoms with Crippen molar-refractivity contribution in [1.29, 1.82) is 0 Å². The van der Waals surface area contributed by atoms with Gasteiger partial charge in [-0.15, -0.1) is 0 Å². The van der Waals surface area contributed by atoms with E-state index < -0.39 is 10.8 Å². The van der Waals surface area contributed by atoms with Gasteiger partial charge in [-0.1, -0.05) is 35.9 Å². The SMILES string of the molecule is Cc1ccccc1CNC(=O)c1ccc(C[S@](=O)c2ccc(Cl)cc2)o1. The van der Waals surface area contributed by atoms with Crippen molar-refractivity contribution in [3.05, 3.63) is 88.3 Å². The van der Waals surface area contributed by atoms with Gasteiger partial charge in [0, 0.05) is 16.5 Å². The Hall–Kier alpha value is -2.37. The summed E-state index contributed by atoms with van der Waals surface area (Å²) in [5.41, 5.74) is 2.17.